The molecule has 0 bridgehead atoms. The second-order valence-corrected chi connectivity index (χ2v) is 9.99. The molecule has 0 saturated carbocycles. The van der Waals surface area contributed by atoms with Crippen LogP contribution in [-0.2, 0) is 4.57 Å². The van der Waals surface area contributed by atoms with E-state index in [9.17, 15) is 9.46 Å². The molecule has 0 rings (SSSR count). The first-order chi connectivity index (χ1) is 9.98. The van der Waals surface area contributed by atoms with Crippen LogP contribution in [0.15, 0.2) is 0 Å². The Bertz CT molecular complexity index is 328. The summed E-state index contributed by atoms with van der Waals surface area (Å²) in [7, 11) is -3.26. The molecule has 22 heavy (non-hydrogen) atoms. The Morgan fingerprint density at radius 3 is 1.45 bits per heavy atom. The van der Waals surface area contributed by atoms with Gasteiger partial charge in [-0.05, 0) is 74.5 Å². The van der Waals surface area contributed by atoms with Gasteiger partial charge in [-0.3, -0.25) is 9.80 Å². The van der Waals surface area contributed by atoms with Crippen molar-refractivity contribution in [1.82, 2.24) is 9.80 Å². The maximum absolute atomic E-state index is 12.3. The highest BCUT2D eigenvalue weighted by atomic mass is 31.2. The van der Waals surface area contributed by atoms with E-state index in [1.807, 2.05) is 0 Å². The molecule has 1 atom stereocenters. The normalized spacial score (nSPS) is 15.8. The highest BCUT2D eigenvalue weighted by molar-refractivity contribution is 7.56. The van der Waals surface area contributed by atoms with Crippen molar-refractivity contribution in [1.29, 1.82) is 0 Å². The Balaban J connectivity index is 4.33. The fourth-order valence-corrected chi connectivity index (χ4v) is 4.48. The number of rotatable bonds is 11. The summed E-state index contributed by atoms with van der Waals surface area (Å²) in [4.78, 5) is 16.9. The van der Waals surface area contributed by atoms with Crippen molar-refractivity contribution in [3.63, 3.8) is 0 Å². The quantitative estimate of drug-likeness (QED) is 0.545. The van der Waals surface area contributed by atoms with Crippen molar-refractivity contribution in [2.24, 2.45) is 0 Å². The zero-order valence-corrected chi connectivity index (χ0v) is 16.9. The van der Waals surface area contributed by atoms with Gasteiger partial charge in [0.15, 0.2) is 0 Å². The SMILES string of the molecule is CC(C)N(CCCP(=O)([O-])CCN(C(C)C)C(C)C)C(C)C. The average molecular weight is 333 g/mol. The van der Waals surface area contributed by atoms with Crippen LogP contribution in [0.1, 0.15) is 61.8 Å². The first kappa shape index (κ1) is 22.1. The standard InChI is InChI=1S/C17H39N2O2P/c1-14(2)18(15(3)4)10-9-12-22(20,21)13-11-19(16(5)6)17(7)8/h14-17H,9-13H2,1-8H3,(H,20,21)/p-1. The fraction of sp³-hybridized carbons (Fsp3) is 1.00. The minimum absolute atomic E-state index is 0.298. The lowest BCUT2D eigenvalue weighted by molar-refractivity contribution is -0.175. The van der Waals surface area contributed by atoms with E-state index in [4.69, 9.17) is 0 Å². The van der Waals surface area contributed by atoms with Crippen molar-refractivity contribution in [2.75, 3.05) is 25.4 Å². The zero-order chi connectivity index (χ0) is 17.5. The lowest BCUT2D eigenvalue weighted by Gasteiger charge is -2.34. The van der Waals surface area contributed by atoms with Crippen LogP contribution in [0.5, 0.6) is 0 Å². The lowest BCUT2D eigenvalue weighted by atomic mass is 10.2. The molecule has 0 aromatic carbocycles. The van der Waals surface area contributed by atoms with Crippen LogP contribution < -0.4 is 4.89 Å². The van der Waals surface area contributed by atoms with Gasteiger partial charge in [0.2, 0.25) is 0 Å². The predicted octanol–water partition coefficient (Wildman–Crippen LogP) is 3.25. The van der Waals surface area contributed by atoms with Gasteiger partial charge in [0.1, 0.15) is 0 Å². The summed E-state index contributed by atoms with van der Waals surface area (Å²) >= 11 is 0. The van der Waals surface area contributed by atoms with E-state index in [2.05, 4.69) is 65.2 Å². The molecule has 4 nitrogen and oxygen atoms in total. The second kappa shape index (κ2) is 10.1. The molecule has 1 unspecified atom stereocenters. The summed E-state index contributed by atoms with van der Waals surface area (Å²) in [6.45, 7) is 18.7. The Morgan fingerprint density at radius 2 is 1.09 bits per heavy atom. The highest BCUT2D eigenvalue weighted by Gasteiger charge is 2.18. The third-order valence-electron chi connectivity index (χ3n) is 4.27. The van der Waals surface area contributed by atoms with Crippen LogP contribution in [0.25, 0.3) is 0 Å². The Kier molecular flexibility index (Phi) is 10.1. The molecule has 0 aromatic heterocycles. The molecule has 0 saturated heterocycles. The van der Waals surface area contributed by atoms with Crippen LogP contribution in [0.2, 0.25) is 0 Å². The second-order valence-electron chi connectivity index (χ2n) is 7.47. The molecule has 0 aromatic rings. The van der Waals surface area contributed by atoms with E-state index in [0.717, 1.165) is 13.0 Å². The fourth-order valence-electron chi connectivity index (χ4n) is 3.10. The zero-order valence-electron chi connectivity index (χ0n) is 16.0. The van der Waals surface area contributed by atoms with E-state index in [-0.39, 0.29) is 0 Å². The van der Waals surface area contributed by atoms with E-state index in [1.165, 1.54) is 0 Å². The summed E-state index contributed by atoms with van der Waals surface area (Å²) in [5.74, 6) is 0. The maximum Gasteiger partial charge on any atom is 0.0161 e. The molecule has 0 aliphatic heterocycles. The number of hydrogen-bond acceptors (Lipinski definition) is 4. The van der Waals surface area contributed by atoms with Crippen LogP contribution in [0.4, 0.5) is 0 Å². The van der Waals surface area contributed by atoms with Crippen molar-refractivity contribution in [3.8, 4) is 0 Å². The lowest BCUT2D eigenvalue weighted by Crippen LogP contribution is -2.40. The van der Waals surface area contributed by atoms with Crippen molar-refractivity contribution < 1.29 is 9.46 Å². The van der Waals surface area contributed by atoms with E-state index in [1.54, 1.807) is 0 Å². The van der Waals surface area contributed by atoms with Gasteiger partial charge >= 0.3 is 0 Å². The monoisotopic (exact) mass is 333 g/mol. The van der Waals surface area contributed by atoms with Gasteiger partial charge in [0, 0.05) is 44.2 Å². The molecule has 0 fully saturated rings. The molecule has 0 amide bonds. The Labute approximate surface area is 138 Å². The first-order valence-corrected chi connectivity index (χ1v) is 10.8. The highest BCUT2D eigenvalue weighted by Crippen LogP contribution is 2.36. The minimum atomic E-state index is -3.26. The molecular weight excluding hydrogens is 295 g/mol. The van der Waals surface area contributed by atoms with Crippen molar-refractivity contribution in [2.45, 2.75) is 86.0 Å². The van der Waals surface area contributed by atoms with Crippen molar-refractivity contribution in [3.05, 3.63) is 0 Å². The first-order valence-electron chi connectivity index (χ1n) is 8.78. The van der Waals surface area contributed by atoms with Crippen molar-refractivity contribution >= 4 is 7.37 Å². The van der Waals surface area contributed by atoms with E-state index >= 15 is 0 Å². The minimum Gasteiger partial charge on any atom is -0.799 e. The van der Waals surface area contributed by atoms with Gasteiger partial charge in [0.05, 0.1) is 0 Å². The third-order valence-corrected chi connectivity index (χ3v) is 6.15. The predicted molar refractivity (Wildman–Crippen MR) is 95.9 cm³/mol. The van der Waals surface area contributed by atoms with Crippen LogP contribution in [0, 0.1) is 0 Å². The molecule has 134 valence electrons. The van der Waals surface area contributed by atoms with Gasteiger partial charge in [-0.25, -0.2) is 0 Å². The molecule has 5 heteroatoms. The topological polar surface area (TPSA) is 46.6 Å². The van der Waals surface area contributed by atoms with E-state index in [0.29, 0.717) is 43.0 Å². The molecule has 0 radical (unpaired) electrons. The van der Waals surface area contributed by atoms with Gasteiger partial charge in [0.25, 0.3) is 0 Å². The largest absolute Gasteiger partial charge is 0.799 e. The number of nitrogens with zero attached hydrogens (tertiary/aromatic N) is 2. The van der Waals surface area contributed by atoms with Gasteiger partial charge in [-0.1, -0.05) is 0 Å². The summed E-state index contributed by atoms with van der Waals surface area (Å²) in [6.07, 6.45) is 1.36. The van der Waals surface area contributed by atoms with Crippen LogP contribution in [0.3, 0.4) is 0 Å². The molecule has 0 N–H and O–H groups in total. The Morgan fingerprint density at radius 1 is 0.727 bits per heavy atom. The van der Waals surface area contributed by atoms with E-state index < -0.39 is 7.37 Å². The summed E-state index contributed by atoms with van der Waals surface area (Å²) in [5, 5.41) is 0. The van der Waals surface area contributed by atoms with Gasteiger partial charge in [-0.15, -0.1) is 0 Å². The smallest absolute Gasteiger partial charge is 0.0161 e. The van der Waals surface area contributed by atoms with Crippen LogP contribution >= 0.6 is 7.37 Å². The summed E-state index contributed by atoms with van der Waals surface area (Å²) in [6, 6.07) is 1.70. The third kappa shape index (κ3) is 8.67. The van der Waals surface area contributed by atoms with Gasteiger partial charge in [-0.2, -0.15) is 0 Å². The molecule has 0 spiro atoms. The molecule has 0 aliphatic carbocycles. The molecule has 0 aliphatic rings. The summed E-state index contributed by atoms with van der Waals surface area (Å²) < 4.78 is 12.3. The van der Waals surface area contributed by atoms with Gasteiger partial charge < -0.3 is 9.46 Å². The summed E-state index contributed by atoms with van der Waals surface area (Å²) in [5.41, 5.74) is 0. The number of hydrogen-bond donors (Lipinski definition) is 0. The molecular formula is C17H38N2O2P-. The Hall–Kier alpha value is 0.110. The maximum atomic E-state index is 12.3. The molecule has 0 heterocycles. The van der Waals surface area contributed by atoms with Crippen LogP contribution in [-0.4, -0.2) is 59.4 Å². The average Bonchev–Trinajstić information content (AvgIpc) is 2.32.